The molecule has 0 aromatic heterocycles. The lowest BCUT2D eigenvalue weighted by Crippen LogP contribution is -2.58. The van der Waals surface area contributed by atoms with E-state index < -0.39 is 66.0 Å². The molecule has 44 heavy (non-hydrogen) atoms. The van der Waals surface area contributed by atoms with E-state index in [1.807, 2.05) is 0 Å². The fourth-order valence-corrected chi connectivity index (χ4v) is 4.60. The maximum atomic E-state index is 13.6. The molecule has 15 nitrogen and oxygen atoms in total. The van der Waals surface area contributed by atoms with Crippen LogP contribution in [0.4, 0.5) is 4.79 Å². The van der Waals surface area contributed by atoms with Gasteiger partial charge in [0.15, 0.2) is 5.96 Å². The van der Waals surface area contributed by atoms with E-state index in [-0.39, 0.29) is 45.2 Å². The summed E-state index contributed by atoms with van der Waals surface area (Å²) in [6.07, 6.45) is 0.162. The second-order valence-electron chi connectivity index (χ2n) is 11.1. The SMILES string of the molecule is [2H]CC(C)(C)OC(=O)N[C@@H](Cc1ccccc1)C(=O)N[C@@H](CC(=O)O)C(=O)N1CCC[C@H]1C(=O)N[C@H](C=O)CCCN=C(N)N. The van der Waals surface area contributed by atoms with Crippen LogP contribution in [0.1, 0.15) is 59.8 Å². The molecule has 2 rings (SSSR count). The lowest BCUT2D eigenvalue weighted by Gasteiger charge is -2.30. The number of aldehydes is 1. The molecule has 1 aromatic carbocycles. The Morgan fingerprint density at radius 1 is 1.16 bits per heavy atom. The Bertz CT molecular complexity index is 1230. The van der Waals surface area contributed by atoms with Crippen LogP contribution >= 0.6 is 0 Å². The van der Waals surface area contributed by atoms with E-state index in [1.165, 1.54) is 18.7 Å². The van der Waals surface area contributed by atoms with Gasteiger partial charge in [-0.1, -0.05) is 30.3 Å². The predicted octanol–water partition coefficient (Wildman–Crippen LogP) is -0.190. The van der Waals surface area contributed by atoms with Crippen molar-refractivity contribution >= 4 is 42.0 Å². The Morgan fingerprint density at radius 2 is 1.86 bits per heavy atom. The molecular formula is C29H43N7O8. The quantitative estimate of drug-likeness (QED) is 0.0656. The molecule has 8 N–H and O–H groups in total. The Labute approximate surface area is 257 Å². The minimum atomic E-state index is -1.56. The predicted molar refractivity (Wildman–Crippen MR) is 160 cm³/mol. The van der Waals surface area contributed by atoms with Gasteiger partial charge in [0.2, 0.25) is 17.7 Å². The highest BCUT2D eigenvalue weighted by Gasteiger charge is 2.39. The van der Waals surface area contributed by atoms with Crippen LogP contribution in [0, 0.1) is 0 Å². The summed E-state index contributed by atoms with van der Waals surface area (Å²) in [5.74, 6) is -3.71. The van der Waals surface area contributed by atoms with Crippen molar-refractivity contribution in [2.24, 2.45) is 16.5 Å². The number of nitrogens with two attached hydrogens (primary N) is 2. The number of guanidine groups is 1. The minimum absolute atomic E-state index is 0.0118. The van der Waals surface area contributed by atoms with E-state index in [2.05, 4.69) is 20.9 Å². The second-order valence-corrected chi connectivity index (χ2v) is 11.1. The third kappa shape index (κ3) is 12.3. The third-order valence-electron chi connectivity index (χ3n) is 6.55. The number of amides is 4. The van der Waals surface area contributed by atoms with Gasteiger partial charge < -0.3 is 47.0 Å². The number of aliphatic imine (C=N–C) groups is 1. The number of rotatable bonds is 15. The number of nitrogens with zero attached hydrogens (tertiary/aromatic N) is 2. The summed E-state index contributed by atoms with van der Waals surface area (Å²) in [7, 11) is 0. The molecular weight excluding hydrogens is 574 g/mol. The van der Waals surface area contributed by atoms with E-state index in [4.69, 9.17) is 17.6 Å². The summed E-state index contributed by atoms with van der Waals surface area (Å²) in [5, 5.41) is 17.1. The molecule has 1 fully saturated rings. The van der Waals surface area contributed by atoms with Crippen molar-refractivity contribution in [1.29, 1.82) is 0 Å². The molecule has 1 heterocycles. The monoisotopic (exact) mass is 618 g/mol. The summed E-state index contributed by atoms with van der Waals surface area (Å²) < 4.78 is 12.8. The summed E-state index contributed by atoms with van der Waals surface area (Å²) in [5.41, 5.74) is 10.1. The Balaban J connectivity index is 2.19. The zero-order valence-corrected chi connectivity index (χ0v) is 25.0. The molecule has 0 radical (unpaired) electrons. The number of carbonyl (C=O) groups is 6. The average Bonchev–Trinajstić information content (AvgIpc) is 3.47. The van der Waals surface area contributed by atoms with Gasteiger partial charge in [0.25, 0.3) is 0 Å². The van der Waals surface area contributed by atoms with Gasteiger partial charge in [0, 0.05) is 20.9 Å². The van der Waals surface area contributed by atoms with E-state index >= 15 is 0 Å². The summed E-state index contributed by atoms with van der Waals surface area (Å²) >= 11 is 0. The lowest BCUT2D eigenvalue weighted by molar-refractivity contribution is -0.146. The maximum Gasteiger partial charge on any atom is 0.408 e. The van der Waals surface area contributed by atoms with E-state index in [0.717, 1.165) is 0 Å². The van der Waals surface area contributed by atoms with Gasteiger partial charge in [-0.2, -0.15) is 0 Å². The van der Waals surface area contributed by atoms with Gasteiger partial charge in [-0.15, -0.1) is 0 Å². The first kappa shape index (κ1) is 33.8. The van der Waals surface area contributed by atoms with Crippen molar-refractivity contribution in [3.63, 3.8) is 0 Å². The molecule has 1 saturated heterocycles. The molecule has 1 aliphatic rings. The summed E-state index contributed by atoms with van der Waals surface area (Å²) in [6.45, 7) is 3.20. The van der Waals surface area contributed by atoms with Crippen LogP contribution in [-0.4, -0.2) is 94.9 Å². The van der Waals surface area contributed by atoms with Crippen molar-refractivity contribution in [2.45, 2.75) is 89.0 Å². The lowest BCUT2D eigenvalue weighted by atomic mass is 10.0. The molecule has 4 amide bonds. The van der Waals surface area contributed by atoms with Crippen LogP contribution in [0.25, 0.3) is 0 Å². The highest BCUT2D eigenvalue weighted by molar-refractivity contribution is 5.96. The summed E-state index contributed by atoms with van der Waals surface area (Å²) in [4.78, 5) is 81.1. The number of nitrogens with one attached hydrogen (secondary N) is 3. The van der Waals surface area contributed by atoms with Crippen LogP contribution in [0.3, 0.4) is 0 Å². The van der Waals surface area contributed by atoms with Crippen molar-refractivity contribution in [3.8, 4) is 0 Å². The number of ether oxygens (including phenoxy) is 1. The Morgan fingerprint density at radius 3 is 2.48 bits per heavy atom. The average molecular weight is 619 g/mol. The normalized spacial score (nSPS) is 16.8. The molecule has 242 valence electrons. The van der Waals surface area contributed by atoms with Gasteiger partial charge in [0.1, 0.15) is 30.0 Å². The molecule has 0 aliphatic carbocycles. The van der Waals surface area contributed by atoms with Crippen molar-refractivity contribution < 1.29 is 40.0 Å². The molecule has 0 bridgehead atoms. The zero-order valence-electron chi connectivity index (χ0n) is 26.0. The van der Waals surface area contributed by atoms with Crippen LogP contribution in [0.2, 0.25) is 0 Å². The Kier molecular flexibility index (Phi) is 12.9. The maximum absolute atomic E-state index is 13.6. The van der Waals surface area contributed by atoms with Crippen LogP contribution in [-0.2, 0) is 35.1 Å². The van der Waals surface area contributed by atoms with E-state index in [1.54, 1.807) is 30.3 Å². The topological polar surface area (TPSA) is 236 Å². The smallest absolute Gasteiger partial charge is 0.408 e. The van der Waals surface area contributed by atoms with Gasteiger partial charge in [-0.3, -0.25) is 24.2 Å². The number of hydrogen-bond acceptors (Lipinski definition) is 8. The highest BCUT2D eigenvalue weighted by Crippen LogP contribution is 2.20. The van der Waals surface area contributed by atoms with Gasteiger partial charge >= 0.3 is 12.1 Å². The van der Waals surface area contributed by atoms with Gasteiger partial charge in [-0.25, -0.2) is 4.79 Å². The molecule has 4 atom stereocenters. The summed E-state index contributed by atoms with van der Waals surface area (Å²) in [6, 6.07) is 4.01. The molecule has 1 aliphatic heterocycles. The molecule has 0 spiro atoms. The molecule has 0 saturated carbocycles. The molecule has 1 aromatic rings. The van der Waals surface area contributed by atoms with Gasteiger partial charge in [-0.05, 0) is 52.0 Å². The van der Waals surface area contributed by atoms with Crippen LogP contribution in [0.15, 0.2) is 35.3 Å². The van der Waals surface area contributed by atoms with E-state index in [0.29, 0.717) is 24.7 Å². The number of hydrogen-bond donors (Lipinski definition) is 6. The number of carbonyl (C=O) groups excluding carboxylic acids is 5. The Hall–Kier alpha value is -4.69. The fourth-order valence-electron chi connectivity index (χ4n) is 4.60. The van der Waals surface area contributed by atoms with Crippen LogP contribution in [0.5, 0.6) is 0 Å². The van der Waals surface area contributed by atoms with Crippen LogP contribution < -0.4 is 27.4 Å². The number of alkyl carbamates (subject to hydrolysis) is 1. The molecule has 15 heteroatoms. The minimum Gasteiger partial charge on any atom is -0.481 e. The largest absolute Gasteiger partial charge is 0.481 e. The fraction of sp³-hybridized carbons (Fsp3) is 0.552. The number of aliphatic carboxylic acids is 1. The van der Waals surface area contributed by atoms with Crippen molar-refractivity contribution in [2.75, 3.05) is 13.1 Å². The number of benzene rings is 1. The first-order valence-corrected chi connectivity index (χ1v) is 14.2. The number of likely N-dealkylation sites (tertiary alicyclic amines) is 1. The third-order valence-corrected chi connectivity index (χ3v) is 6.55. The zero-order chi connectivity index (χ0) is 33.6. The first-order valence-electron chi connectivity index (χ1n) is 14.9. The molecule has 0 unspecified atom stereocenters. The van der Waals surface area contributed by atoms with Crippen molar-refractivity contribution in [3.05, 3.63) is 35.9 Å². The number of carboxylic acid groups (broad SMARTS) is 1. The second kappa shape index (κ2) is 16.8. The highest BCUT2D eigenvalue weighted by atomic mass is 16.6. The van der Waals surface area contributed by atoms with E-state index in [9.17, 15) is 33.9 Å². The van der Waals surface area contributed by atoms with Crippen molar-refractivity contribution in [1.82, 2.24) is 20.9 Å². The first-order chi connectivity index (χ1) is 21.3. The van der Waals surface area contributed by atoms with Gasteiger partial charge in [0.05, 0.1) is 12.5 Å². The number of carboxylic acids is 1. The standard InChI is InChI=1S/C29H43N7O8/c1-29(2,3)44-28(43)35-20(15-18-9-5-4-6-10-18)24(40)34-21(16-23(38)39)26(42)36-14-8-12-22(36)25(41)33-19(17-37)11-7-13-32-27(30)31/h4-6,9-10,17,19-22H,7-8,11-16H2,1-3H3,(H,33,41)(H,34,40)(H,35,43)(H,38,39)(H4,30,31,32)/t19-,20-,21-,22-/m0/s1/i1D.